The molecule has 13 heavy (non-hydrogen) atoms. The van der Waals surface area contributed by atoms with Crippen LogP contribution in [-0.4, -0.2) is 17.0 Å². The van der Waals surface area contributed by atoms with Crippen molar-refractivity contribution < 1.29 is 0 Å². The van der Waals surface area contributed by atoms with Gasteiger partial charge in [0, 0.05) is 18.3 Å². The van der Waals surface area contributed by atoms with E-state index in [9.17, 15) is 4.91 Å². The second kappa shape index (κ2) is 4.32. The molecule has 0 unspecified atom stereocenters. The highest BCUT2D eigenvalue weighted by atomic mass is 32.1. The van der Waals surface area contributed by atoms with Gasteiger partial charge in [0.15, 0.2) is 0 Å². The van der Waals surface area contributed by atoms with Crippen molar-refractivity contribution in [3.63, 3.8) is 0 Å². The molecule has 0 radical (unpaired) electrons. The first kappa shape index (κ1) is 10.1. The van der Waals surface area contributed by atoms with Crippen LogP contribution < -0.4 is 0 Å². The smallest absolute Gasteiger partial charge is 0.0954 e. The van der Waals surface area contributed by atoms with E-state index < -0.39 is 0 Å². The van der Waals surface area contributed by atoms with Crippen molar-refractivity contribution in [3.8, 4) is 0 Å². The average Bonchev–Trinajstić information content (AvgIpc) is 2.52. The molecule has 1 aromatic rings. The van der Waals surface area contributed by atoms with Crippen molar-refractivity contribution in [1.29, 1.82) is 0 Å². The van der Waals surface area contributed by atoms with Crippen LogP contribution in [0.1, 0.15) is 30.5 Å². The summed E-state index contributed by atoms with van der Waals surface area (Å²) in [5, 5.41) is 7.19. The van der Waals surface area contributed by atoms with Crippen LogP contribution >= 0.6 is 11.3 Å². The lowest BCUT2D eigenvalue weighted by atomic mass is 10.2. The summed E-state index contributed by atoms with van der Waals surface area (Å²) in [7, 11) is 1.64. The Morgan fingerprint density at radius 2 is 2.38 bits per heavy atom. The zero-order valence-electron chi connectivity index (χ0n) is 8.02. The molecule has 1 heterocycles. The van der Waals surface area contributed by atoms with Gasteiger partial charge < -0.3 is 0 Å². The van der Waals surface area contributed by atoms with Gasteiger partial charge in [0.2, 0.25) is 0 Å². The molecule has 0 amide bonds. The monoisotopic (exact) mass is 199 g/mol. The fourth-order valence-electron chi connectivity index (χ4n) is 0.924. The Labute approximate surface area is 81.5 Å². The summed E-state index contributed by atoms with van der Waals surface area (Å²) in [4.78, 5) is 14.5. The third-order valence-electron chi connectivity index (χ3n) is 1.59. The number of nitroso groups, excluding NO2 is 1. The van der Waals surface area contributed by atoms with E-state index in [0.29, 0.717) is 12.5 Å². The fraction of sp³-hybridized carbons (Fsp3) is 0.625. The molecular weight excluding hydrogens is 186 g/mol. The molecular formula is C8H13N3OS. The summed E-state index contributed by atoms with van der Waals surface area (Å²) in [6.45, 7) is 4.70. The number of hydrogen-bond donors (Lipinski definition) is 0. The van der Waals surface area contributed by atoms with Crippen molar-refractivity contribution in [2.45, 2.75) is 26.3 Å². The normalized spacial score (nSPS) is 10.5. The molecule has 5 heteroatoms. The predicted molar refractivity (Wildman–Crippen MR) is 53.5 cm³/mol. The van der Waals surface area contributed by atoms with Crippen molar-refractivity contribution >= 4 is 11.3 Å². The van der Waals surface area contributed by atoms with Crippen LogP contribution in [0.5, 0.6) is 0 Å². The zero-order valence-corrected chi connectivity index (χ0v) is 8.84. The maximum atomic E-state index is 10.1. The van der Waals surface area contributed by atoms with Gasteiger partial charge in [-0.3, -0.25) is 5.01 Å². The number of aromatic nitrogens is 1. The van der Waals surface area contributed by atoms with E-state index in [1.165, 1.54) is 5.01 Å². The van der Waals surface area contributed by atoms with Gasteiger partial charge in [0.05, 0.1) is 22.5 Å². The molecule has 1 rings (SSSR count). The first-order valence-corrected chi connectivity index (χ1v) is 5.00. The molecule has 0 aliphatic carbocycles. The molecule has 0 aliphatic heterocycles. The minimum absolute atomic E-state index is 0.452. The van der Waals surface area contributed by atoms with Gasteiger partial charge in [-0.15, -0.1) is 16.2 Å². The van der Waals surface area contributed by atoms with Crippen LogP contribution in [0, 0.1) is 4.91 Å². The molecule has 72 valence electrons. The summed E-state index contributed by atoms with van der Waals surface area (Å²) in [6.07, 6.45) is 0. The van der Waals surface area contributed by atoms with E-state index in [-0.39, 0.29) is 0 Å². The van der Waals surface area contributed by atoms with Crippen molar-refractivity contribution in [1.82, 2.24) is 9.99 Å². The maximum Gasteiger partial charge on any atom is 0.0954 e. The summed E-state index contributed by atoms with van der Waals surface area (Å²) in [5.41, 5.74) is 0.913. The molecule has 0 aliphatic rings. The number of rotatable bonds is 4. The first-order valence-electron chi connectivity index (χ1n) is 4.12. The van der Waals surface area contributed by atoms with Crippen LogP contribution in [0.2, 0.25) is 0 Å². The Kier molecular flexibility index (Phi) is 3.36. The van der Waals surface area contributed by atoms with E-state index in [2.05, 4.69) is 24.1 Å². The molecule has 4 nitrogen and oxygen atoms in total. The van der Waals surface area contributed by atoms with E-state index in [1.807, 2.05) is 5.38 Å². The Balaban J connectivity index is 2.63. The largest absolute Gasteiger partial charge is 0.258 e. The quantitative estimate of drug-likeness (QED) is 0.552. The van der Waals surface area contributed by atoms with Crippen LogP contribution in [0.4, 0.5) is 0 Å². The van der Waals surface area contributed by atoms with Gasteiger partial charge in [-0.1, -0.05) is 13.8 Å². The highest BCUT2D eigenvalue weighted by Crippen LogP contribution is 2.19. The lowest BCUT2D eigenvalue weighted by Gasteiger charge is -2.04. The van der Waals surface area contributed by atoms with Gasteiger partial charge in [0.1, 0.15) is 0 Å². The predicted octanol–water partition coefficient (Wildman–Crippen LogP) is 2.38. The van der Waals surface area contributed by atoms with Crippen molar-refractivity contribution in [2.75, 3.05) is 7.05 Å². The number of thiazole rings is 1. The maximum absolute atomic E-state index is 10.1. The molecule has 0 fully saturated rings. The van der Waals surface area contributed by atoms with Crippen LogP contribution in [0.25, 0.3) is 0 Å². The van der Waals surface area contributed by atoms with Crippen LogP contribution in [0.15, 0.2) is 10.7 Å². The van der Waals surface area contributed by atoms with Gasteiger partial charge >= 0.3 is 0 Å². The van der Waals surface area contributed by atoms with E-state index in [4.69, 9.17) is 0 Å². The van der Waals surface area contributed by atoms with Crippen molar-refractivity contribution in [2.24, 2.45) is 5.29 Å². The molecule has 0 saturated heterocycles. The number of nitrogens with zero attached hydrogens (tertiary/aromatic N) is 3. The van der Waals surface area contributed by atoms with Crippen LogP contribution in [-0.2, 0) is 6.54 Å². The van der Waals surface area contributed by atoms with E-state index in [1.54, 1.807) is 18.4 Å². The molecule has 0 saturated carbocycles. The van der Waals surface area contributed by atoms with Gasteiger partial charge in [-0.25, -0.2) is 4.98 Å². The SMILES string of the molecule is CC(C)c1nc(CN(C)N=O)cs1. The number of hydrogen-bond acceptors (Lipinski definition) is 4. The standard InChI is InChI=1S/C8H13N3OS/c1-6(2)8-9-7(5-13-8)4-11(3)10-12/h5-6H,4H2,1-3H3. The summed E-state index contributed by atoms with van der Waals surface area (Å²) >= 11 is 1.63. The fourth-order valence-corrected chi connectivity index (χ4v) is 1.75. The van der Waals surface area contributed by atoms with Crippen molar-refractivity contribution in [3.05, 3.63) is 21.0 Å². The zero-order chi connectivity index (χ0) is 9.84. The van der Waals surface area contributed by atoms with Crippen LogP contribution in [0.3, 0.4) is 0 Å². The van der Waals surface area contributed by atoms with Gasteiger partial charge in [-0.05, 0) is 0 Å². The molecule has 0 aromatic carbocycles. The van der Waals surface area contributed by atoms with Gasteiger partial charge in [-0.2, -0.15) is 0 Å². The second-order valence-corrected chi connectivity index (χ2v) is 4.12. The topological polar surface area (TPSA) is 45.6 Å². The third kappa shape index (κ3) is 2.77. The first-order chi connectivity index (χ1) is 6.13. The Hall–Kier alpha value is -0.970. The third-order valence-corrected chi connectivity index (χ3v) is 2.79. The summed E-state index contributed by atoms with van der Waals surface area (Å²) in [6, 6.07) is 0. The average molecular weight is 199 g/mol. The molecule has 1 aromatic heterocycles. The molecule has 0 spiro atoms. The summed E-state index contributed by atoms with van der Waals surface area (Å²) < 4.78 is 0. The molecule has 0 atom stereocenters. The Morgan fingerprint density at radius 3 is 2.85 bits per heavy atom. The minimum Gasteiger partial charge on any atom is -0.258 e. The molecule has 0 N–H and O–H groups in total. The lowest BCUT2D eigenvalue weighted by Crippen LogP contribution is -2.09. The Morgan fingerprint density at radius 1 is 1.69 bits per heavy atom. The van der Waals surface area contributed by atoms with E-state index in [0.717, 1.165) is 10.7 Å². The van der Waals surface area contributed by atoms with E-state index >= 15 is 0 Å². The molecule has 0 bridgehead atoms. The lowest BCUT2D eigenvalue weighted by molar-refractivity contribution is 0.338. The highest BCUT2D eigenvalue weighted by molar-refractivity contribution is 7.09. The summed E-state index contributed by atoms with van der Waals surface area (Å²) in [5.74, 6) is 0.452. The Bertz CT molecular complexity index is 285. The second-order valence-electron chi connectivity index (χ2n) is 3.23. The van der Waals surface area contributed by atoms with Gasteiger partial charge in [0.25, 0.3) is 0 Å². The minimum atomic E-state index is 0.452. The highest BCUT2D eigenvalue weighted by Gasteiger charge is 2.06.